The van der Waals surface area contributed by atoms with Crippen LogP contribution in [0.3, 0.4) is 0 Å². The monoisotopic (exact) mass is 333 g/mol. The summed E-state index contributed by atoms with van der Waals surface area (Å²) in [6, 6.07) is 0.376. The molecule has 1 rings (SSSR count). The predicted molar refractivity (Wildman–Crippen MR) is 88.6 cm³/mol. The molecule has 0 bridgehead atoms. The van der Waals surface area contributed by atoms with Crippen LogP contribution in [0.5, 0.6) is 0 Å². The molecular weight excluding hydrogens is 302 g/mol. The van der Waals surface area contributed by atoms with Crippen molar-refractivity contribution in [3.8, 4) is 0 Å². The van der Waals surface area contributed by atoms with E-state index in [1.807, 2.05) is 20.8 Å². The molecule has 22 heavy (non-hydrogen) atoms. The molecule has 1 atom stereocenters. The fraction of sp³-hybridized carbons (Fsp3) is 0.938. The number of ether oxygens (including phenoxy) is 1. The second-order valence-corrected chi connectivity index (χ2v) is 9.55. The van der Waals surface area contributed by atoms with Gasteiger partial charge in [0, 0.05) is 18.7 Å². The van der Waals surface area contributed by atoms with Crippen molar-refractivity contribution >= 4 is 15.8 Å². The molecule has 1 fully saturated rings. The molecule has 1 aliphatic rings. The lowest BCUT2D eigenvalue weighted by Gasteiger charge is -2.35. The zero-order chi connectivity index (χ0) is 16.8. The van der Waals surface area contributed by atoms with Crippen molar-refractivity contribution in [1.82, 2.24) is 4.90 Å². The predicted octanol–water partition coefficient (Wildman–Crippen LogP) is 2.40. The van der Waals surface area contributed by atoms with E-state index in [1.165, 1.54) is 12.7 Å². The summed E-state index contributed by atoms with van der Waals surface area (Å²) < 4.78 is 27.8. The van der Waals surface area contributed by atoms with E-state index >= 15 is 0 Å². The summed E-state index contributed by atoms with van der Waals surface area (Å²) in [5.41, 5.74) is -0.432. The average molecular weight is 333 g/mol. The van der Waals surface area contributed by atoms with E-state index in [4.69, 9.17) is 4.74 Å². The molecule has 1 aliphatic heterocycles. The third kappa shape index (κ3) is 8.73. The van der Waals surface area contributed by atoms with Crippen LogP contribution in [0, 0.1) is 0 Å². The summed E-state index contributed by atoms with van der Waals surface area (Å²) in [4.78, 5) is 14.2. The summed E-state index contributed by atoms with van der Waals surface area (Å²) >= 11 is 0. The van der Waals surface area contributed by atoms with E-state index in [1.54, 1.807) is 0 Å². The fourth-order valence-corrected chi connectivity index (χ4v) is 3.54. The lowest BCUT2D eigenvalue weighted by molar-refractivity contribution is -0.155. The Bertz CT molecular complexity index is 453. The number of hydrogen-bond acceptors (Lipinski definition) is 5. The first-order valence-electron chi connectivity index (χ1n) is 8.20. The zero-order valence-corrected chi connectivity index (χ0v) is 15.2. The van der Waals surface area contributed by atoms with Gasteiger partial charge in [0.25, 0.3) is 0 Å². The Morgan fingerprint density at radius 1 is 1.27 bits per heavy atom. The number of sulfone groups is 1. The van der Waals surface area contributed by atoms with E-state index in [-0.39, 0.29) is 11.7 Å². The Labute approximate surface area is 135 Å². The van der Waals surface area contributed by atoms with Crippen molar-refractivity contribution in [1.29, 1.82) is 0 Å². The standard InChI is InChI=1S/C16H31NO4S/c1-16(2,3)21-15(18)10-9-14-8-5-6-11-17(14)12-7-13-22(4,19)20/h14H,5-13H2,1-4H3. The lowest BCUT2D eigenvalue weighted by atomic mass is 9.97. The van der Waals surface area contributed by atoms with Crippen molar-refractivity contribution in [3.63, 3.8) is 0 Å². The average Bonchev–Trinajstić information content (AvgIpc) is 2.34. The first-order chi connectivity index (χ1) is 10.1. The van der Waals surface area contributed by atoms with Gasteiger partial charge in [-0.25, -0.2) is 8.42 Å². The van der Waals surface area contributed by atoms with Crippen LogP contribution < -0.4 is 0 Å². The fourth-order valence-electron chi connectivity index (χ4n) is 2.89. The Balaban J connectivity index is 2.40. The quantitative estimate of drug-likeness (QED) is 0.669. The topological polar surface area (TPSA) is 63.7 Å². The van der Waals surface area contributed by atoms with Gasteiger partial charge in [-0.2, -0.15) is 0 Å². The van der Waals surface area contributed by atoms with Gasteiger partial charge in [0.1, 0.15) is 15.4 Å². The molecule has 0 aromatic carbocycles. The second-order valence-electron chi connectivity index (χ2n) is 7.29. The maximum absolute atomic E-state index is 11.8. The molecule has 5 nitrogen and oxygen atoms in total. The lowest BCUT2D eigenvalue weighted by Crippen LogP contribution is -2.41. The highest BCUT2D eigenvalue weighted by molar-refractivity contribution is 7.90. The molecule has 6 heteroatoms. The van der Waals surface area contributed by atoms with Gasteiger partial charge in [-0.3, -0.25) is 4.79 Å². The number of hydrogen-bond donors (Lipinski definition) is 0. The number of piperidine rings is 1. The van der Waals surface area contributed by atoms with Crippen LogP contribution in [-0.2, 0) is 19.4 Å². The second kappa shape index (κ2) is 8.29. The van der Waals surface area contributed by atoms with Crippen molar-refractivity contribution in [2.75, 3.05) is 25.1 Å². The molecule has 0 spiro atoms. The number of carbonyl (C=O) groups excluding carboxylic acids is 1. The Hall–Kier alpha value is -0.620. The Kier molecular flexibility index (Phi) is 7.32. The molecule has 0 aromatic heterocycles. The maximum Gasteiger partial charge on any atom is 0.306 e. The van der Waals surface area contributed by atoms with E-state index in [0.29, 0.717) is 18.9 Å². The van der Waals surface area contributed by atoms with E-state index < -0.39 is 15.4 Å². The molecule has 0 aromatic rings. The van der Waals surface area contributed by atoms with Crippen LogP contribution in [0.25, 0.3) is 0 Å². The summed E-state index contributed by atoms with van der Waals surface area (Å²) in [5, 5.41) is 0. The number of rotatable bonds is 7. The van der Waals surface area contributed by atoms with Gasteiger partial charge in [-0.05, 0) is 59.5 Å². The van der Waals surface area contributed by atoms with Crippen LogP contribution in [-0.4, -0.2) is 56.0 Å². The summed E-state index contributed by atoms with van der Waals surface area (Å²) in [6.45, 7) is 7.43. The van der Waals surface area contributed by atoms with Crippen LogP contribution in [0.15, 0.2) is 0 Å². The van der Waals surface area contributed by atoms with Crippen LogP contribution in [0.4, 0.5) is 0 Å². The smallest absolute Gasteiger partial charge is 0.306 e. The molecule has 130 valence electrons. The van der Waals surface area contributed by atoms with E-state index in [2.05, 4.69) is 4.90 Å². The molecule has 0 saturated carbocycles. The summed E-state index contributed by atoms with van der Waals surface area (Å²) in [6.07, 6.45) is 6.61. The first kappa shape index (κ1) is 19.4. The zero-order valence-electron chi connectivity index (χ0n) is 14.4. The van der Waals surface area contributed by atoms with Crippen LogP contribution >= 0.6 is 0 Å². The normalized spacial score (nSPS) is 20.8. The largest absolute Gasteiger partial charge is 0.460 e. The van der Waals surface area contributed by atoms with E-state index in [0.717, 1.165) is 32.4 Å². The minimum Gasteiger partial charge on any atom is -0.460 e. The number of carbonyl (C=O) groups is 1. The van der Waals surface area contributed by atoms with Crippen molar-refractivity contribution in [2.24, 2.45) is 0 Å². The SMILES string of the molecule is CC(C)(C)OC(=O)CCC1CCCCN1CCCS(C)(=O)=O. The van der Waals surface area contributed by atoms with Crippen molar-refractivity contribution in [3.05, 3.63) is 0 Å². The van der Waals surface area contributed by atoms with Gasteiger partial charge in [0.15, 0.2) is 0 Å². The molecule has 1 heterocycles. The van der Waals surface area contributed by atoms with Crippen LogP contribution in [0.2, 0.25) is 0 Å². The summed E-state index contributed by atoms with van der Waals surface area (Å²) in [7, 11) is -2.89. The highest BCUT2D eigenvalue weighted by Gasteiger charge is 2.24. The number of esters is 1. The molecule has 1 unspecified atom stereocenters. The highest BCUT2D eigenvalue weighted by atomic mass is 32.2. The number of likely N-dealkylation sites (tertiary alicyclic amines) is 1. The molecule has 1 saturated heterocycles. The molecule has 0 N–H and O–H groups in total. The van der Waals surface area contributed by atoms with Crippen molar-refractivity contribution < 1.29 is 17.9 Å². The van der Waals surface area contributed by atoms with Gasteiger partial charge in [0.05, 0.1) is 5.75 Å². The Morgan fingerprint density at radius 2 is 1.95 bits per heavy atom. The molecule has 0 radical (unpaired) electrons. The van der Waals surface area contributed by atoms with Crippen molar-refractivity contribution in [2.45, 2.75) is 70.9 Å². The van der Waals surface area contributed by atoms with Gasteiger partial charge >= 0.3 is 5.97 Å². The minimum atomic E-state index is -2.89. The molecular formula is C16H31NO4S. The van der Waals surface area contributed by atoms with Gasteiger partial charge in [0.2, 0.25) is 0 Å². The highest BCUT2D eigenvalue weighted by Crippen LogP contribution is 2.22. The van der Waals surface area contributed by atoms with Gasteiger partial charge in [-0.15, -0.1) is 0 Å². The minimum absolute atomic E-state index is 0.144. The van der Waals surface area contributed by atoms with Gasteiger partial charge in [-0.1, -0.05) is 6.42 Å². The van der Waals surface area contributed by atoms with E-state index in [9.17, 15) is 13.2 Å². The molecule has 0 amide bonds. The maximum atomic E-state index is 11.8. The Morgan fingerprint density at radius 3 is 2.55 bits per heavy atom. The third-order valence-electron chi connectivity index (χ3n) is 3.81. The third-order valence-corrected chi connectivity index (χ3v) is 4.84. The van der Waals surface area contributed by atoms with Gasteiger partial charge < -0.3 is 9.64 Å². The summed E-state index contributed by atoms with van der Waals surface area (Å²) in [5.74, 6) is 0.0941. The number of nitrogens with zero attached hydrogens (tertiary/aromatic N) is 1. The first-order valence-corrected chi connectivity index (χ1v) is 10.3. The molecule has 0 aliphatic carbocycles. The van der Waals surface area contributed by atoms with Crippen LogP contribution in [0.1, 0.15) is 59.3 Å².